The van der Waals surface area contributed by atoms with Crippen LogP contribution >= 0.6 is 11.6 Å². The van der Waals surface area contributed by atoms with E-state index in [0.29, 0.717) is 24.0 Å². The summed E-state index contributed by atoms with van der Waals surface area (Å²) in [4.78, 5) is 0. The van der Waals surface area contributed by atoms with Gasteiger partial charge in [0, 0.05) is 11.6 Å². The summed E-state index contributed by atoms with van der Waals surface area (Å²) in [7, 11) is 0. The first-order chi connectivity index (χ1) is 7.65. The Morgan fingerprint density at radius 3 is 2.56 bits per heavy atom. The van der Waals surface area contributed by atoms with E-state index in [1.165, 1.54) is 0 Å². The molecule has 3 nitrogen and oxygen atoms in total. The summed E-state index contributed by atoms with van der Waals surface area (Å²) in [6.45, 7) is 5.14. The average molecular weight is 242 g/mol. The van der Waals surface area contributed by atoms with Crippen molar-refractivity contribution in [1.29, 1.82) is 0 Å². The van der Waals surface area contributed by atoms with E-state index in [9.17, 15) is 0 Å². The Morgan fingerprint density at radius 2 is 2.00 bits per heavy atom. The average Bonchev–Trinajstić information content (AvgIpc) is 2.29. The SMILES string of the molecule is CCc1c(C(C)N)cc(Cl)c2c1OCCO2. The van der Waals surface area contributed by atoms with Crippen LogP contribution in [0.5, 0.6) is 11.5 Å². The second kappa shape index (κ2) is 4.52. The fraction of sp³-hybridized carbons (Fsp3) is 0.500. The summed E-state index contributed by atoms with van der Waals surface area (Å²) in [5.41, 5.74) is 8.08. The molecule has 16 heavy (non-hydrogen) atoms. The number of hydrogen-bond acceptors (Lipinski definition) is 3. The zero-order chi connectivity index (χ0) is 11.7. The standard InChI is InChI=1S/C12H16ClNO2/c1-3-8-9(7(2)14)6-10(13)12-11(8)15-4-5-16-12/h6-7H,3-5,14H2,1-2H3. The normalized spacial score (nSPS) is 16.0. The van der Waals surface area contributed by atoms with Crippen LogP contribution in [0, 0.1) is 0 Å². The highest BCUT2D eigenvalue weighted by Crippen LogP contribution is 2.43. The van der Waals surface area contributed by atoms with Crippen molar-refractivity contribution in [3.05, 3.63) is 22.2 Å². The largest absolute Gasteiger partial charge is 0.486 e. The zero-order valence-corrected chi connectivity index (χ0v) is 10.3. The highest BCUT2D eigenvalue weighted by atomic mass is 35.5. The molecule has 2 N–H and O–H groups in total. The highest BCUT2D eigenvalue weighted by molar-refractivity contribution is 6.32. The number of rotatable bonds is 2. The molecule has 0 radical (unpaired) electrons. The van der Waals surface area contributed by atoms with E-state index in [0.717, 1.165) is 23.3 Å². The minimum atomic E-state index is -0.0525. The molecule has 1 aliphatic heterocycles. The molecule has 0 fully saturated rings. The van der Waals surface area contributed by atoms with Gasteiger partial charge in [0.1, 0.15) is 13.2 Å². The molecular formula is C12H16ClNO2. The van der Waals surface area contributed by atoms with Gasteiger partial charge in [-0.25, -0.2) is 0 Å². The molecule has 4 heteroatoms. The lowest BCUT2D eigenvalue weighted by Crippen LogP contribution is -2.19. The Balaban J connectivity index is 2.61. The summed E-state index contributed by atoms with van der Waals surface area (Å²) >= 11 is 6.16. The molecule has 88 valence electrons. The van der Waals surface area contributed by atoms with E-state index in [4.69, 9.17) is 26.8 Å². The third kappa shape index (κ3) is 1.85. The summed E-state index contributed by atoms with van der Waals surface area (Å²) in [5, 5.41) is 0.583. The van der Waals surface area contributed by atoms with E-state index in [1.807, 2.05) is 13.0 Å². The Morgan fingerprint density at radius 1 is 1.38 bits per heavy atom. The zero-order valence-electron chi connectivity index (χ0n) is 9.55. The summed E-state index contributed by atoms with van der Waals surface area (Å²) < 4.78 is 11.2. The van der Waals surface area contributed by atoms with Crippen LogP contribution in [-0.4, -0.2) is 13.2 Å². The molecule has 1 aromatic carbocycles. The topological polar surface area (TPSA) is 44.5 Å². The van der Waals surface area contributed by atoms with Crippen LogP contribution in [0.25, 0.3) is 0 Å². The van der Waals surface area contributed by atoms with E-state index in [-0.39, 0.29) is 6.04 Å². The maximum absolute atomic E-state index is 6.16. The number of ether oxygens (including phenoxy) is 2. The minimum absolute atomic E-state index is 0.0525. The fourth-order valence-corrected chi connectivity index (χ4v) is 2.27. The van der Waals surface area contributed by atoms with Gasteiger partial charge < -0.3 is 15.2 Å². The summed E-state index contributed by atoms with van der Waals surface area (Å²) in [5.74, 6) is 1.43. The highest BCUT2D eigenvalue weighted by Gasteiger charge is 2.23. The molecule has 0 saturated heterocycles. The van der Waals surface area contributed by atoms with Crippen LogP contribution in [0.4, 0.5) is 0 Å². The molecule has 1 heterocycles. The Kier molecular flexibility index (Phi) is 3.26. The van der Waals surface area contributed by atoms with Gasteiger partial charge in [-0.3, -0.25) is 0 Å². The van der Waals surface area contributed by atoms with Crippen molar-refractivity contribution >= 4 is 11.6 Å². The van der Waals surface area contributed by atoms with Crippen molar-refractivity contribution in [2.24, 2.45) is 5.73 Å². The molecular weight excluding hydrogens is 226 g/mol. The molecule has 0 saturated carbocycles. The van der Waals surface area contributed by atoms with Gasteiger partial charge in [-0.15, -0.1) is 0 Å². The van der Waals surface area contributed by atoms with Gasteiger partial charge >= 0.3 is 0 Å². The summed E-state index contributed by atoms with van der Waals surface area (Å²) in [6.07, 6.45) is 0.861. The Bertz CT molecular complexity index is 404. The van der Waals surface area contributed by atoms with Gasteiger partial charge in [-0.2, -0.15) is 0 Å². The van der Waals surface area contributed by atoms with E-state index in [1.54, 1.807) is 0 Å². The van der Waals surface area contributed by atoms with Gasteiger partial charge in [0.2, 0.25) is 0 Å². The van der Waals surface area contributed by atoms with Crippen molar-refractivity contribution in [3.8, 4) is 11.5 Å². The van der Waals surface area contributed by atoms with Gasteiger partial charge in [0.15, 0.2) is 11.5 Å². The van der Waals surface area contributed by atoms with Crippen LogP contribution in [0.3, 0.4) is 0 Å². The fourth-order valence-electron chi connectivity index (χ4n) is 2.01. The van der Waals surface area contributed by atoms with Gasteiger partial charge in [-0.05, 0) is 25.0 Å². The van der Waals surface area contributed by atoms with E-state index in [2.05, 4.69) is 6.92 Å². The molecule has 0 aliphatic carbocycles. The molecule has 1 aromatic rings. The molecule has 1 atom stereocenters. The number of nitrogens with two attached hydrogens (primary N) is 1. The molecule has 1 aliphatic rings. The quantitative estimate of drug-likeness (QED) is 0.866. The first-order valence-electron chi connectivity index (χ1n) is 5.51. The van der Waals surface area contributed by atoms with Crippen molar-refractivity contribution in [1.82, 2.24) is 0 Å². The number of halogens is 1. The lowest BCUT2D eigenvalue weighted by Gasteiger charge is -2.25. The first kappa shape index (κ1) is 11.6. The van der Waals surface area contributed by atoms with Gasteiger partial charge in [-0.1, -0.05) is 18.5 Å². The van der Waals surface area contributed by atoms with Gasteiger partial charge in [0.25, 0.3) is 0 Å². The van der Waals surface area contributed by atoms with Crippen LogP contribution in [0.2, 0.25) is 5.02 Å². The van der Waals surface area contributed by atoms with Crippen LogP contribution in [0.15, 0.2) is 6.07 Å². The molecule has 0 bridgehead atoms. The Hall–Kier alpha value is -0.930. The predicted molar refractivity (Wildman–Crippen MR) is 64.4 cm³/mol. The third-order valence-electron chi connectivity index (χ3n) is 2.75. The van der Waals surface area contributed by atoms with E-state index < -0.39 is 0 Å². The van der Waals surface area contributed by atoms with E-state index >= 15 is 0 Å². The monoisotopic (exact) mass is 241 g/mol. The molecule has 2 rings (SSSR count). The second-order valence-corrected chi connectivity index (χ2v) is 4.33. The smallest absolute Gasteiger partial charge is 0.180 e. The molecule has 0 amide bonds. The Labute approximate surface area is 100 Å². The van der Waals surface area contributed by atoms with Crippen LogP contribution in [0.1, 0.15) is 31.0 Å². The number of fused-ring (bicyclic) bond motifs is 1. The van der Waals surface area contributed by atoms with Crippen molar-refractivity contribution < 1.29 is 9.47 Å². The maximum atomic E-state index is 6.16. The first-order valence-corrected chi connectivity index (χ1v) is 5.89. The minimum Gasteiger partial charge on any atom is -0.486 e. The predicted octanol–water partition coefficient (Wildman–Crippen LogP) is 2.69. The van der Waals surface area contributed by atoms with Crippen molar-refractivity contribution in [2.75, 3.05) is 13.2 Å². The lowest BCUT2D eigenvalue weighted by atomic mass is 9.98. The van der Waals surface area contributed by atoms with Gasteiger partial charge in [0.05, 0.1) is 5.02 Å². The lowest BCUT2D eigenvalue weighted by molar-refractivity contribution is 0.170. The van der Waals surface area contributed by atoms with Crippen molar-refractivity contribution in [2.45, 2.75) is 26.3 Å². The molecule has 0 spiro atoms. The van der Waals surface area contributed by atoms with Crippen LogP contribution in [-0.2, 0) is 6.42 Å². The third-order valence-corrected chi connectivity index (χ3v) is 3.03. The molecule has 0 aromatic heterocycles. The second-order valence-electron chi connectivity index (χ2n) is 3.92. The molecule has 1 unspecified atom stereocenters. The van der Waals surface area contributed by atoms with Crippen LogP contribution < -0.4 is 15.2 Å². The number of hydrogen-bond donors (Lipinski definition) is 1. The van der Waals surface area contributed by atoms with Crippen molar-refractivity contribution in [3.63, 3.8) is 0 Å². The summed E-state index contributed by atoms with van der Waals surface area (Å²) in [6, 6.07) is 1.83. The number of benzene rings is 1. The maximum Gasteiger partial charge on any atom is 0.180 e.